The number of hydrogen-bond acceptors (Lipinski definition) is 2. The van der Waals surface area contributed by atoms with Gasteiger partial charge in [-0.25, -0.2) is 0 Å². The zero-order chi connectivity index (χ0) is 12.4. The number of nitrogens with two attached hydrogens (primary N) is 1. The standard InChI is InChI=1S/C13H10N2O2/c1-2-9-3-5-11-10(7-9)4-6-13(17)15(11)8-12(14)16/h1,3-7H,8H2,(H2,14,16). The largest absolute Gasteiger partial charge is 0.368 e. The fourth-order valence-corrected chi connectivity index (χ4v) is 1.71. The second kappa shape index (κ2) is 4.14. The first-order valence-electron chi connectivity index (χ1n) is 5.00. The molecule has 17 heavy (non-hydrogen) atoms. The van der Waals surface area contributed by atoms with E-state index in [0.717, 1.165) is 10.9 Å². The lowest BCUT2D eigenvalue weighted by Crippen LogP contribution is -2.27. The molecule has 1 aromatic carbocycles. The molecule has 1 amide bonds. The Morgan fingerprint density at radius 3 is 2.76 bits per heavy atom. The summed E-state index contributed by atoms with van der Waals surface area (Å²) in [5.74, 6) is 1.96. The molecule has 1 aromatic heterocycles. The van der Waals surface area contributed by atoms with Gasteiger partial charge in [-0.1, -0.05) is 5.92 Å². The Morgan fingerprint density at radius 2 is 2.12 bits per heavy atom. The highest BCUT2D eigenvalue weighted by molar-refractivity contribution is 5.82. The maximum absolute atomic E-state index is 11.6. The molecule has 0 saturated carbocycles. The minimum absolute atomic E-state index is 0.133. The average Bonchev–Trinajstić information content (AvgIpc) is 2.32. The van der Waals surface area contributed by atoms with Gasteiger partial charge in [-0.2, -0.15) is 0 Å². The van der Waals surface area contributed by atoms with Crippen LogP contribution in [0.25, 0.3) is 10.9 Å². The van der Waals surface area contributed by atoms with Crippen LogP contribution >= 0.6 is 0 Å². The third-order valence-corrected chi connectivity index (χ3v) is 2.47. The highest BCUT2D eigenvalue weighted by Crippen LogP contribution is 2.13. The van der Waals surface area contributed by atoms with Crippen LogP contribution in [0.1, 0.15) is 5.56 Å². The molecule has 0 atom stereocenters. The van der Waals surface area contributed by atoms with Gasteiger partial charge >= 0.3 is 0 Å². The Bertz CT molecular complexity index is 693. The summed E-state index contributed by atoms with van der Waals surface area (Å²) in [5, 5.41) is 0.807. The normalized spacial score (nSPS) is 10.1. The minimum Gasteiger partial charge on any atom is -0.368 e. The molecular weight excluding hydrogens is 216 g/mol. The molecule has 0 radical (unpaired) electrons. The maximum atomic E-state index is 11.6. The Morgan fingerprint density at radius 1 is 1.35 bits per heavy atom. The van der Waals surface area contributed by atoms with Gasteiger partial charge in [0.25, 0.3) is 5.56 Å². The van der Waals surface area contributed by atoms with Crippen molar-refractivity contribution < 1.29 is 4.79 Å². The van der Waals surface area contributed by atoms with Crippen LogP contribution < -0.4 is 11.3 Å². The van der Waals surface area contributed by atoms with E-state index < -0.39 is 5.91 Å². The van der Waals surface area contributed by atoms with Crippen molar-refractivity contribution in [3.8, 4) is 12.3 Å². The van der Waals surface area contributed by atoms with E-state index in [1.807, 2.05) is 0 Å². The van der Waals surface area contributed by atoms with Gasteiger partial charge in [-0.3, -0.25) is 14.2 Å². The van der Waals surface area contributed by atoms with Crippen molar-refractivity contribution in [2.45, 2.75) is 6.54 Å². The number of primary amides is 1. The molecule has 4 nitrogen and oxygen atoms in total. The molecule has 2 N–H and O–H groups in total. The van der Waals surface area contributed by atoms with Crippen molar-refractivity contribution in [3.05, 3.63) is 46.2 Å². The van der Waals surface area contributed by atoms with Crippen molar-refractivity contribution in [3.63, 3.8) is 0 Å². The lowest BCUT2D eigenvalue weighted by Gasteiger charge is -2.07. The SMILES string of the molecule is C#Cc1ccc2c(ccc(=O)n2CC(N)=O)c1. The lowest BCUT2D eigenvalue weighted by atomic mass is 10.1. The molecule has 4 heteroatoms. The van der Waals surface area contributed by atoms with Crippen LogP contribution in [-0.2, 0) is 11.3 Å². The number of pyridine rings is 1. The Hall–Kier alpha value is -2.54. The van der Waals surface area contributed by atoms with Crippen LogP contribution in [0.2, 0.25) is 0 Å². The summed E-state index contributed by atoms with van der Waals surface area (Å²) in [6.07, 6.45) is 5.30. The van der Waals surface area contributed by atoms with Gasteiger partial charge in [0.2, 0.25) is 5.91 Å². The molecule has 0 aliphatic rings. The van der Waals surface area contributed by atoms with Gasteiger partial charge in [-0.05, 0) is 29.7 Å². The van der Waals surface area contributed by atoms with E-state index >= 15 is 0 Å². The molecule has 0 aliphatic heterocycles. The number of carbonyl (C=O) groups is 1. The summed E-state index contributed by atoms with van der Waals surface area (Å²) >= 11 is 0. The third kappa shape index (κ3) is 2.04. The number of hydrogen-bond donors (Lipinski definition) is 1. The van der Waals surface area contributed by atoms with Gasteiger partial charge in [-0.15, -0.1) is 6.42 Å². The third-order valence-electron chi connectivity index (χ3n) is 2.47. The van der Waals surface area contributed by atoms with E-state index in [4.69, 9.17) is 12.2 Å². The topological polar surface area (TPSA) is 65.1 Å². The summed E-state index contributed by atoms with van der Waals surface area (Å²) in [6, 6.07) is 8.29. The molecule has 0 fully saturated rings. The number of fused-ring (bicyclic) bond motifs is 1. The van der Waals surface area contributed by atoms with Crippen LogP contribution in [0, 0.1) is 12.3 Å². The quantitative estimate of drug-likeness (QED) is 0.756. The Balaban J connectivity index is 2.74. The monoisotopic (exact) mass is 226 g/mol. The Labute approximate surface area is 97.7 Å². The average molecular weight is 226 g/mol. The summed E-state index contributed by atoms with van der Waals surface area (Å²) in [4.78, 5) is 22.6. The molecule has 2 rings (SSSR count). The van der Waals surface area contributed by atoms with E-state index in [1.54, 1.807) is 24.3 Å². The fourth-order valence-electron chi connectivity index (χ4n) is 1.71. The first-order chi connectivity index (χ1) is 8.11. The molecule has 1 heterocycles. The first kappa shape index (κ1) is 11.0. The fraction of sp³-hybridized carbons (Fsp3) is 0.0769. The molecule has 0 spiro atoms. The molecule has 0 bridgehead atoms. The second-order valence-electron chi connectivity index (χ2n) is 3.64. The highest BCUT2D eigenvalue weighted by Gasteiger charge is 2.05. The molecule has 0 saturated heterocycles. The molecule has 0 unspecified atom stereocenters. The van der Waals surface area contributed by atoms with Crippen molar-refractivity contribution in [2.24, 2.45) is 5.73 Å². The van der Waals surface area contributed by atoms with E-state index in [-0.39, 0.29) is 12.1 Å². The van der Waals surface area contributed by atoms with Crippen molar-refractivity contribution in [1.82, 2.24) is 4.57 Å². The first-order valence-corrected chi connectivity index (χ1v) is 5.00. The predicted molar refractivity (Wildman–Crippen MR) is 65.3 cm³/mol. The number of aromatic nitrogens is 1. The zero-order valence-electron chi connectivity index (χ0n) is 9.01. The van der Waals surface area contributed by atoms with E-state index in [2.05, 4.69) is 5.92 Å². The van der Waals surface area contributed by atoms with Gasteiger partial charge in [0.15, 0.2) is 0 Å². The van der Waals surface area contributed by atoms with E-state index in [9.17, 15) is 9.59 Å². The molecule has 84 valence electrons. The van der Waals surface area contributed by atoms with Crippen LogP contribution in [0.3, 0.4) is 0 Å². The molecule has 2 aromatic rings. The van der Waals surface area contributed by atoms with Crippen LogP contribution in [0.15, 0.2) is 35.1 Å². The van der Waals surface area contributed by atoms with Crippen molar-refractivity contribution in [2.75, 3.05) is 0 Å². The number of benzene rings is 1. The van der Waals surface area contributed by atoms with Crippen LogP contribution in [0.5, 0.6) is 0 Å². The highest BCUT2D eigenvalue weighted by atomic mass is 16.2. The van der Waals surface area contributed by atoms with Gasteiger partial charge in [0.1, 0.15) is 6.54 Å². The summed E-state index contributed by atoms with van der Waals surface area (Å²) in [6.45, 7) is -0.133. The summed E-state index contributed by atoms with van der Waals surface area (Å²) in [7, 11) is 0. The molecular formula is C13H10N2O2. The number of carbonyl (C=O) groups excluding carboxylic acids is 1. The number of rotatable bonds is 2. The lowest BCUT2D eigenvalue weighted by molar-refractivity contribution is -0.118. The molecule has 0 aliphatic carbocycles. The van der Waals surface area contributed by atoms with E-state index in [1.165, 1.54) is 10.6 Å². The predicted octanol–water partition coefficient (Wildman–Crippen LogP) is 0.468. The van der Waals surface area contributed by atoms with Crippen LogP contribution in [-0.4, -0.2) is 10.5 Å². The van der Waals surface area contributed by atoms with Gasteiger partial charge < -0.3 is 5.73 Å². The van der Waals surface area contributed by atoms with Crippen molar-refractivity contribution >= 4 is 16.8 Å². The smallest absolute Gasteiger partial charge is 0.251 e. The summed E-state index contributed by atoms with van der Waals surface area (Å²) < 4.78 is 1.33. The van der Waals surface area contributed by atoms with Gasteiger partial charge in [0, 0.05) is 11.6 Å². The number of amides is 1. The number of terminal acetylenes is 1. The van der Waals surface area contributed by atoms with E-state index in [0.29, 0.717) is 5.52 Å². The zero-order valence-corrected chi connectivity index (χ0v) is 9.01. The second-order valence-corrected chi connectivity index (χ2v) is 3.64. The van der Waals surface area contributed by atoms with Gasteiger partial charge in [0.05, 0.1) is 5.52 Å². The maximum Gasteiger partial charge on any atom is 0.251 e. The minimum atomic E-state index is -0.555. The van der Waals surface area contributed by atoms with Crippen LogP contribution in [0.4, 0.5) is 0 Å². The van der Waals surface area contributed by atoms with Crippen molar-refractivity contribution in [1.29, 1.82) is 0 Å². The summed E-state index contributed by atoms with van der Waals surface area (Å²) in [5.41, 5.74) is 6.22. The Kier molecular flexibility index (Phi) is 2.67. The number of nitrogens with zero attached hydrogens (tertiary/aromatic N) is 1.